The molecule has 2 aromatic rings. The van der Waals surface area contributed by atoms with Crippen molar-refractivity contribution < 1.29 is 4.74 Å². The zero-order valence-electron chi connectivity index (χ0n) is 10.9. The number of ether oxygens (including phenoxy) is 1. The lowest BCUT2D eigenvalue weighted by molar-refractivity contribution is 0.478. The quantitative estimate of drug-likeness (QED) is 0.671. The van der Waals surface area contributed by atoms with Gasteiger partial charge in [-0.3, -0.25) is 0 Å². The summed E-state index contributed by atoms with van der Waals surface area (Å²) in [4.78, 5) is 2.06. The number of nitrogens with zero attached hydrogens (tertiary/aromatic N) is 1. The van der Waals surface area contributed by atoms with E-state index in [4.69, 9.17) is 4.74 Å². The number of rotatable bonds is 4. The van der Waals surface area contributed by atoms with E-state index in [0.29, 0.717) is 0 Å². The molecule has 0 unspecified atom stereocenters. The Bertz CT molecular complexity index is 570. The van der Waals surface area contributed by atoms with Gasteiger partial charge < -0.3 is 9.64 Å². The van der Waals surface area contributed by atoms with E-state index in [0.717, 1.165) is 32.6 Å². The minimum atomic E-state index is 0.759. The van der Waals surface area contributed by atoms with Crippen LogP contribution in [0.5, 0.6) is 11.5 Å². The molecule has 0 spiro atoms. The highest BCUT2D eigenvalue weighted by Gasteiger charge is 2.06. The molecule has 0 atom stereocenters. The standard InChI is InChI=1S/C15H15Br2NO/c1-18(2)13-4-3-5-14(9-13)19-15-7-6-12(17)8-11(15)10-16/h3-9H,10H2,1-2H3. The number of alkyl halides is 1. The summed E-state index contributed by atoms with van der Waals surface area (Å²) < 4.78 is 7.02. The highest BCUT2D eigenvalue weighted by atomic mass is 79.9. The minimum Gasteiger partial charge on any atom is -0.457 e. The Morgan fingerprint density at radius 2 is 1.89 bits per heavy atom. The Balaban J connectivity index is 2.28. The van der Waals surface area contributed by atoms with Crippen LogP contribution in [0.25, 0.3) is 0 Å². The van der Waals surface area contributed by atoms with Crippen LogP contribution in [0, 0.1) is 0 Å². The van der Waals surface area contributed by atoms with Crippen molar-refractivity contribution >= 4 is 37.5 Å². The van der Waals surface area contributed by atoms with Crippen molar-refractivity contribution in [2.24, 2.45) is 0 Å². The maximum atomic E-state index is 5.97. The molecule has 0 radical (unpaired) electrons. The van der Waals surface area contributed by atoms with E-state index in [-0.39, 0.29) is 0 Å². The van der Waals surface area contributed by atoms with Gasteiger partial charge in [-0.2, -0.15) is 0 Å². The van der Waals surface area contributed by atoms with Crippen molar-refractivity contribution in [2.75, 3.05) is 19.0 Å². The van der Waals surface area contributed by atoms with Crippen LogP contribution in [0.3, 0.4) is 0 Å². The molecule has 0 aromatic heterocycles. The Kier molecular flexibility index (Phi) is 4.88. The Labute approximate surface area is 130 Å². The fraction of sp³-hybridized carbons (Fsp3) is 0.200. The normalized spacial score (nSPS) is 10.3. The minimum absolute atomic E-state index is 0.759. The predicted octanol–water partition coefficient (Wildman–Crippen LogP) is 5.20. The Morgan fingerprint density at radius 1 is 1.11 bits per heavy atom. The lowest BCUT2D eigenvalue weighted by Crippen LogP contribution is -2.08. The summed E-state index contributed by atoms with van der Waals surface area (Å²) >= 11 is 6.95. The second-order valence-electron chi connectivity index (χ2n) is 4.38. The van der Waals surface area contributed by atoms with Crippen LogP contribution in [-0.4, -0.2) is 14.1 Å². The molecule has 2 nitrogen and oxygen atoms in total. The molecule has 100 valence electrons. The Hall–Kier alpha value is -1.000. The van der Waals surface area contributed by atoms with Crippen LogP contribution in [0.1, 0.15) is 5.56 Å². The molecule has 2 rings (SSSR count). The van der Waals surface area contributed by atoms with Crippen molar-refractivity contribution in [3.05, 3.63) is 52.5 Å². The molecule has 0 aliphatic carbocycles. The predicted molar refractivity (Wildman–Crippen MR) is 87.6 cm³/mol. The molecule has 2 aromatic carbocycles. The van der Waals surface area contributed by atoms with E-state index in [1.165, 1.54) is 0 Å². The highest BCUT2D eigenvalue weighted by Crippen LogP contribution is 2.31. The van der Waals surface area contributed by atoms with Crippen LogP contribution >= 0.6 is 31.9 Å². The van der Waals surface area contributed by atoms with Gasteiger partial charge in [0.15, 0.2) is 0 Å². The smallest absolute Gasteiger partial charge is 0.131 e. The third-order valence-electron chi connectivity index (χ3n) is 2.73. The SMILES string of the molecule is CN(C)c1cccc(Oc2ccc(Br)cc2CBr)c1. The van der Waals surface area contributed by atoms with Crippen LogP contribution < -0.4 is 9.64 Å². The highest BCUT2D eigenvalue weighted by molar-refractivity contribution is 9.10. The lowest BCUT2D eigenvalue weighted by Gasteiger charge is -2.15. The molecule has 0 bridgehead atoms. The first-order valence-electron chi connectivity index (χ1n) is 5.90. The zero-order chi connectivity index (χ0) is 13.8. The van der Waals surface area contributed by atoms with E-state index < -0.39 is 0 Å². The van der Waals surface area contributed by atoms with Crippen molar-refractivity contribution in [1.29, 1.82) is 0 Å². The summed E-state index contributed by atoms with van der Waals surface area (Å²) in [7, 11) is 4.03. The average molecular weight is 385 g/mol. The molecule has 0 heterocycles. The molecule has 0 aliphatic heterocycles. The third-order valence-corrected chi connectivity index (χ3v) is 3.83. The maximum Gasteiger partial charge on any atom is 0.131 e. The molecular formula is C15H15Br2NO. The lowest BCUT2D eigenvalue weighted by atomic mass is 10.2. The molecule has 19 heavy (non-hydrogen) atoms. The van der Waals surface area contributed by atoms with Gasteiger partial charge >= 0.3 is 0 Å². The van der Waals surface area contributed by atoms with Crippen LogP contribution in [0.2, 0.25) is 0 Å². The summed E-state index contributed by atoms with van der Waals surface area (Å²) in [6, 6.07) is 14.1. The zero-order valence-corrected chi connectivity index (χ0v) is 14.0. The monoisotopic (exact) mass is 383 g/mol. The molecule has 0 fully saturated rings. The Morgan fingerprint density at radius 3 is 2.58 bits per heavy atom. The van der Waals surface area contributed by atoms with E-state index in [9.17, 15) is 0 Å². The van der Waals surface area contributed by atoms with Crippen LogP contribution in [-0.2, 0) is 5.33 Å². The fourth-order valence-corrected chi connectivity index (χ4v) is 2.55. The van der Waals surface area contributed by atoms with E-state index in [1.807, 2.05) is 44.4 Å². The summed E-state index contributed by atoms with van der Waals surface area (Å²) in [6.07, 6.45) is 0. The largest absolute Gasteiger partial charge is 0.457 e. The van der Waals surface area contributed by atoms with Crippen molar-refractivity contribution in [2.45, 2.75) is 5.33 Å². The van der Waals surface area contributed by atoms with Crippen molar-refractivity contribution in [3.8, 4) is 11.5 Å². The van der Waals surface area contributed by atoms with Gasteiger partial charge in [0.05, 0.1) is 0 Å². The van der Waals surface area contributed by atoms with E-state index in [2.05, 4.69) is 48.9 Å². The number of anilines is 1. The summed E-state index contributed by atoms with van der Waals surface area (Å²) in [5.74, 6) is 1.71. The summed E-state index contributed by atoms with van der Waals surface area (Å²) in [5, 5.41) is 0.759. The number of benzene rings is 2. The van der Waals surface area contributed by atoms with Gasteiger partial charge in [0, 0.05) is 41.2 Å². The number of halogens is 2. The third kappa shape index (κ3) is 3.74. The fourth-order valence-electron chi connectivity index (χ4n) is 1.70. The van der Waals surface area contributed by atoms with Crippen molar-refractivity contribution in [3.63, 3.8) is 0 Å². The van der Waals surface area contributed by atoms with Gasteiger partial charge in [-0.05, 0) is 30.3 Å². The van der Waals surface area contributed by atoms with E-state index >= 15 is 0 Å². The number of hydrogen-bond acceptors (Lipinski definition) is 2. The molecule has 0 saturated carbocycles. The van der Waals surface area contributed by atoms with Gasteiger partial charge in [0.1, 0.15) is 11.5 Å². The van der Waals surface area contributed by atoms with Crippen LogP contribution in [0.4, 0.5) is 5.69 Å². The molecule has 0 aliphatic rings. The first kappa shape index (κ1) is 14.4. The summed E-state index contributed by atoms with van der Waals surface area (Å²) in [5.41, 5.74) is 2.24. The summed E-state index contributed by atoms with van der Waals surface area (Å²) in [6.45, 7) is 0. The first-order chi connectivity index (χ1) is 9.10. The van der Waals surface area contributed by atoms with E-state index in [1.54, 1.807) is 0 Å². The first-order valence-corrected chi connectivity index (χ1v) is 7.81. The van der Waals surface area contributed by atoms with Gasteiger partial charge in [-0.25, -0.2) is 0 Å². The average Bonchev–Trinajstić information content (AvgIpc) is 2.41. The van der Waals surface area contributed by atoms with Gasteiger partial charge in [-0.1, -0.05) is 37.9 Å². The molecular weight excluding hydrogens is 370 g/mol. The molecule has 0 N–H and O–H groups in total. The molecule has 0 saturated heterocycles. The topological polar surface area (TPSA) is 12.5 Å². The van der Waals surface area contributed by atoms with Gasteiger partial charge in [-0.15, -0.1) is 0 Å². The van der Waals surface area contributed by atoms with Gasteiger partial charge in [0.25, 0.3) is 0 Å². The second-order valence-corrected chi connectivity index (χ2v) is 5.86. The van der Waals surface area contributed by atoms with Gasteiger partial charge in [0.2, 0.25) is 0 Å². The molecule has 4 heteroatoms. The van der Waals surface area contributed by atoms with Crippen LogP contribution in [0.15, 0.2) is 46.9 Å². The maximum absolute atomic E-state index is 5.97. The second kappa shape index (κ2) is 6.44. The number of hydrogen-bond donors (Lipinski definition) is 0. The van der Waals surface area contributed by atoms with Crippen molar-refractivity contribution in [1.82, 2.24) is 0 Å². The molecule has 0 amide bonds.